The molecule has 26 aromatic carbocycles. The molecule has 3 aromatic heterocycles. The number of hydrogen-bond donors (Lipinski definition) is 0. The lowest BCUT2D eigenvalue weighted by atomic mass is 9.84. The molecule has 0 fully saturated rings. The van der Waals surface area contributed by atoms with E-state index in [1.165, 1.54) is 203 Å². The van der Waals surface area contributed by atoms with E-state index in [9.17, 15) is 0 Å². The Kier molecular flexibility index (Phi) is 20.2. The summed E-state index contributed by atoms with van der Waals surface area (Å²) in [6, 6.07) is 186. The third-order valence-electron chi connectivity index (χ3n) is 29.2. The van der Waals surface area contributed by atoms with Gasteiger partial charge >= 0.3 is 0 Å². The number of fused-ring (bicyclic) bond motifs is 19. The molecule has 0 spiro atoms. The van der Waals surface area contributed by atoms with Gasteiger partial charge in [-0.3, -0.25) is 0 Å². The van der Waals surface area contributed by atoms with Gasteiger partial charge in [-0.1, -0.05) is 461 Å². The minimum atomic E-state index is 0.899. The van der Waals surface area contributed by atoms with Gasteiger partial charge in [-0.05, 0) is 276 Å². The first-order chi connectivity index (χ1) is 70.4. The molecule has 0 amide bonds. The number of rotatable bonds is 11. The molecule has 3 heterocycles. The number of hydrogen-bond acceptors (Lipinski definition) is 3. The molecule has 0 aliphatic heterocycles. The predicted octanol–water partition coefficient (Wildman–Crippen LogP) is 39.8. The lowest BCUT2D eigenvalue weighted by molar-refractivity contribution is 0.669. The van der Waals surface area contributed by atoms with Crippen molar-refractivity contribution in [2.75, 3.05) is 0 Å². The van der Waals surface area contributed by atoms with Crippen LogP contribution in [0.5, 0.6) is 0 Å². The number of para-hydroxylation sites is 3. The van der Waals surface area contributed by atoms with Gasteiger partial charge in [0.05, 0.1) is 0 Å². The van der Waals surface area contributed by atoms with Gasteiger partial charge in [-0.25, -0.2) is 0 Å². The molecule has 0 N–H and O–H groups in total. The SMILES string of the molecule is Cc1ccc(-c2c3ccccc3c(-c3ccc(-c4cc5ccccc5c5ccccc45)c4oc5ccccc5c34)c3ccccc23)cc1.c1ccc(-c2ccc(-c3c4ccccc4c(-c4cc(-c5ccc6ccccc6c5)cc5oc6ccccc6c45)c4ccccc34)cc2)cc1.c1ccc(-c2cccc(-c3c4ccccc4c(-c4ccc(-c5ccccc5)c5oc6ccccc6c45)c4ccccc34)c2)cc1. The molecule has 3 nitrogen and oxygen atoms in total. The fourth-order valence-electron chi connectivity index (χ4n) is 22.8. The van der Waals surface area contributed by atoms with Crippen molar-refractivity contribution in [2.24, 2.45) is 0 Å². The highest BCUT2D eigenvalue weighted by Crippen LogP contribution is 2.55. The summed E-state index contributed by atoms with van der Waals surface area (Å²) in [5.41, 5.74) is 33.2. The summed E-state index contributed by atoms with van der Waals surface area (Å²) in [6.07, 6.45) is 0. The zero-order valence-electron chi connectivity index (χ0n) is 77.8. The van der Waals surface area contributed by atoms with Crippen LogP contribution in [0.2, 0.25) is 0 Å². The van der Waals surface area contributed by atoms with Gasteiger partial charge in [0.1, 0.15) is 33.5 Å². The molecule has 142 heavy (non-hydrogen) atoms. The maximum absolute atomic E-state index is 6.89. The zero-order chi connectivity index (χ0) is 93.8. The molecule has 0 saturated heterocycles. The molecular formula is C139H88O3. The summed E-state index contributed by atoms with van der Waals surface area (Å²) in [5, 5.41) is 29.1. The molecule has 29 aromatic rings. The highest BCUT2D eigenvalue weighted by molar-refractivity contribution is 6.31. The summed E-state index contributed by atoms with van der Waals surface area (Å²) in [5.74, 6) is 0. The Morgan fingerprint density at radius 1 is 0.127 bits per heavy atom. The van der Waals surface area contributed by atoms with E-state index in [0.717, 1.165) is 88.1 Å². The van der Waals surface area contributed by atoms with E-state index in [0.29, 0.717) is 0 Å². The van der Waals surface area contributed by atoms with Crippen LogP contribution in [0, 0.1) is 6.92 Å². The van der Waals surface area contributed by atoms with Crippen molar-refractivity contribution in [1.29, 1.82) is 0 Å². The molecule has 0 bridgehead atoms. The fraction of sp³-hybridized carbons (Fsp3) is 0.00719. The van der Waals surface area contributed by atoms with Gasteiger partial charge in [0.2, 0.25) is 0 Å². The molecular weight excluding hydrogens is 1720 g/mol. The van der Waals surface area contributed by atoms with Crippen LogP contribution in [0.15, 0.2) is 529 Å². The molecule has 662 valence electrons. The third-order valence-corrected chi connectivity index (χ3v) is 29.2. The minimum Gasteiger partial charge on any atom is -0.456 e. The van der Waals surface area contributed by atoms with Gasteiger partial charge in [0.25, 0.3) is 0 Å². The molecule has 0 saturated carbocycles. The number of furan rings is 3. The van der Waals surface area contributed by atoms with Gasteiger partial charge in [-0.2, -0.15) is 0 Å². The summed E-state index contributed by atoms with van der Waals surface area (Å²) < 4.78 is 20.2. The molecule has 29 rings (SSSR count). The lowest BCUT2D eigenvalue weighted by Crippen LogP contribution is -1.92. The standard InChI is InChI=1S/C48H30O.C47H30O.C44H28O/c1-2-12-31(13-3-1)33-22-25-34(26-23-33)46-38-16-6-8-18-40(38)47(41-19-9-7-17-39(41)46)43-29-37(36-27-24-32-14-4-5-15-35(32)28-36)30-45-48(43)42-20-10-11-21-44(42)49-45;1-29-22-24-30(25-23-29)44-35-16-6-8-18-37(35)45(38-19-9-7-17-36(38)44)41-27-26-39(47-46(41)40-20-10-11-21-43(40)48-47)42-28-31-12-2-3-13-32(31)33-14-4-5-15-34(33)42;1-3-14-29(15-4-1)31-18-13-19-32(28-31)41-34-20-7-9-22-36(34)42(37-23-10-8-21-35(37)41)39-27-26-33(30-16-5-2-6-17-30)44-43(39)38-24-11-12-25-40(38)45-44/h1-30H;2-28H,1H3;1-28H. The number of benzene rings is 26. The van der Waals surface area contributed by atoms with Gasteiger partial charge in [0.15, 0.2) is 0 Å². The van der Waals surface area contributed by atoms with Crippen molar-refractivity contribution in [1.82, 2.24) is 0 Å². The van der Waals surface area contributed by atoms with Crippen LogP contribution in [-0.2, 0) is 0 Å². The Bertz CT molecular complexity index is 9930. The van der Waals surface area contributed by atoms with Crippen LogP contribution in [0.3, 0.4) is 0 Å². The Balaban J connectivity index is 0.000000107. The summed E-state index contributed by atoms with van der Waals surface area (Å²) in [6.45, 7) is 2.15. The van der Waals surface area contributed by atoms with Gasteiger partial charge in [-0.15, -0.1) is 0 Å². The van der Waals surface area contributed by atoms with Crippen LogP contribution in [0.4, 0.5) is 0 Å². The van der Waals surface area contributed by atoms with Crippen molar-refractivity contribution in [2.45, 2.75) is 6.92 Å². The predicted molar refractivity (Wildman–Crippen MR) is 603 cm³/mol. The van der Waals surface area contributed by atoms with Crippen molar-refractivity contribution in [3.63, 3.8) is 0 Å². The molecule has 3 heteroatoms. The lowest BCUT2D eigenvalue weighted by Gasteiger charge is -2.19. The van der Waals surface area contributed by atoms with Crippen molar-refractivity contribution < 1.29 is 13.3 Å². The molecule has 0 unspecified atom stereocenters. The highest BCUT2D eigenvalue weighted by Gasteiger charge is 2.29. The van der Waals surface area contributed by atoms with E-state index >= 15 is 0 Å². The zero-order valence-corrected chi connectivity index (χ0v) is 77.8. The largest absolute Gasteiger partial charge is 0.456 e. The van der Waals surface area contributed by atoms with E-state index in [2.05, 4.69) is 523 Å². The monoisotopic (exact) mass is 1800 g/mol. The smallest absolute Gasteiger partial charge is 0.143 e. The van der Waals surface area contributed by atoms with Crippen molar-refractivity contribution in [3.05, 3.63) is 521 Å². The first-order valence-corrected chi connectivity index (χ1v) is 48.9. The minimum absolute atomic E-state index is 0.899. The van der Waals surface area contributed by atoms with E-state index in [4.69, 9.17) is 13.3 Å². The van der Waals surface area contributed by atoms with E-state index in [1.54, 1.807) is 0 Å². The summed E-state index contributed by atoms with van der Waals surface area (Å²) in [4.78, 5) is 0. The highest BCUT2D eigenvalue weighted by atomic mass is 16.3. The first kappa shape index (κ1) is 82.9. The van der Waals surface area contributed by atoms with E-state index < -0.39 is 0 Å². The molecule has 0 aliphatic carbocycles. The maximum atomic E-state index is 6.89. The van der Waals surface area contributed by atoms with Crippen molar-refractivity contribution in [3.8, 4) is 122 Å². The van der Waals surface area contributed by atoms with E-state index in [1.807, 2.05) is 0 Å². The third kappa shape index (κ3) is 14.0. The quantitative estimate of drug-likeness (QED) is 0.0957. The summed E-state index contributed by atoms with van der Waals surface area (Å²) >= 11 is 0. The van der Waals surface area contributed by atoms with Crippen molar-refractivity contribution >= 4 is 163 Å². The molecule has 0 radical (unpaired) electrons. The Morgan fingerprint density at radius 3 is 0.944 bits per heavy atom. The second kappa shape index (κ2) is 34.6. The summed E-state index contributed by atoms with van der Waals surface area (Å²) in [7, 11) is 0. The van der Waals surface area contributed by atoms with Crippen LogP contribution >= 0.6 is 0 Å². The van der Waals surface area contributed by atoms with E-state index in [-0.39, 0.29) is 0 Å². The fourth-order valence-corrected chi connectivity index (χ4v) is 22.8. The van der Waals surface area contributed by atoms with Gasteiger partial charge < -0.3 is 13.3 Å². The first-order valence-electron chi connectivity index (χ1n) is 48.9. The average molecular weight is 1810 g/mol. The number of aryl methyl sites for hydroxylation is 1. The molecule has 0 aliphatic rings. The van der Waals surface area contributed by atoms with Crippen LogP contribution in [-0.4, -0.2) is 0 Å². The maximum Gasteiger partial charge on any atom is 0.143 e. The van der Waals surface area contributed by atoms with Crippen LogP contribution in [0.25, 0.3) is 285 Å². The second-order valence-electron chi connectivity index (χ2n) is 37.3. The Morgan fingerprint density at radius 2 is 0.444 bits per heavy atom. The van der Waals surface area contributed by atoms with Crippen LogP contribution < -0.4 is 0 Å². The average Bonchev–Trinajstić information content (AvgIpc) is 1.41. The molecule has 0 atom stereocenters. The Labute approximate surface area is 820 Å². The van der Waals surface area contributed by atoms with Crippen LogP contribution in [0.1, 0.15) is 5.56 Å². The Hall–Kier alpha value is -18.5. The second-order valence-corrected chi connectivity index (χ2v) is 37.3. The normalized spacial score (nSPS) is 11.7. The van der Waals surface area contributed by atoms with Gasteiger partial charge in [0, 0.05) is 43.4 Å². The topological polar surface area (TPSA) is 39.4 Å².